The molecule has 1 heterocycles. The minimum atomic E-state index is 0. The topological polar surface area (TPSA) is 0 Å². The van der Waals surface area contributed by atoms with Crippen LogP contribution >= 0.6 is 12.4 Å². The summed E-state index contributed by atoms with van der Waals surface area (Å²) in [4.78, 5) is 0. The van der Waals surface area contributed by atoms with Crippen LogP contribution in [0.3, 0.4) is 0 Å². The first-order valence-corrected chi connectivity index (χ1v) is 3.73. The highest BCUT2D eigenvalue weighted by atomic mass is 35.5. The van der Waals surface area contributed by atoms with E-state index in [2.05, 4.69) is 23.5 Å². The maximum Gasteiger partial charge on any atom is 0.0505 e. The molecule has 0 saturated heterocycles. The fraction of sp³-hybridized carbons (Fsp3) is 0. The van der Waals surface area contributed by atoms with Crippen molar-refractivity contribution >= 4 is 27.2 Å². The van der Waals surface area contributed by atoms with Gasteiger partial charge in [-0.3, -0.25) is 0 Å². The van der Waals surface area contributed by atoms with Crippen LogP contribution in [0.25, 0.3) is 0 Å². The van der Waals surface area contributed by atoms with Gasteiger partial charge < -0.3 is 0 Å². The van der Waals surface area contributed by atoms with Gasteiger partial charge in [0, 0.05) is 0 Å². The average Bonchev–Trinajstić information content (AvgIpc) is 1.62. The highest BCUT2D eigenvalue weighted by molar-refractivity contribution is 6.53. The molecule has 0 aromatic heterocycles. The fourth-order valence-electron chi connectivity index (χ4n) is 0.470. The quantitative estimate of drug-likeness (QED) is 0.466. The molecule has 0 amide bonds. The first-order valence-electron chi connectivity index (χ1n) is 2.58. The molecule has 0 N–H and O–H groups in total. The van der Waals surface area contributed by atoms with E-state index < -0.39 is 0 Å². The SMILES string of the molecule is C1=C\C=C/[Si]=C\C=C/1.Cl. The minimum absolute atomic E-state index is 0. The van der Waals surface area contributed by atoms with Crippen LogP contribution in [0.4, 0.5) is 0 Å². The van der Waals surface area contributed by atoms with Crippen LogP contribution in [0, 0.1) is 0 Å². The van der Waals surface area contributed by atoms with Gasteiger partial charge in [0.1, 0.15) is 0 Å². The molecule has 9 heavy (non-hydrogen) atoms. The maximum absolute atomic E-state index is 2.15. The Labute approximate surface area is 63.8 Å². The van der Waals surface area contributed by atoms with Gasteiger partial charge in [0.05, 0.1) is 9.13 Å². The smallest absolute Gasteiger partial charge is 0.0505 e. The van der Waals surface area contributed by atoms with E-state index in [1.54, 1.807) is 0 Å². The van der Waals surface area contributed by atoms with Crippen molar-refractivity contribution in [2.75, 3.05) is 0 Å². The van der Waals surface area contributed by atoms with Gasteiger partial charge in [-0.15, -0.1) is 12.4 Å². The van der Waals surface area contributed by atoms with Crippen LogP contribution in [-0.2, 0) is 0 Å². The average molecular weight is 156 g/mol. The predicted molar refractivity (Wildman–Crippen MR) is 46.5 cm³/mol. The van der Waals surface area contributed by atoms with Crippen molar-refractivity contribution in [3.05, 3.63) is 36.1 Å². The molecule has 0 saturated carbocycles. The van der Waals surface area contributed by atoms with E-state index >= 15 is 0 Å². The molecule has 0 bridgehead atoms. The molecule has 0 atom stereocenters. The van der Waals surface area contributed by atoms with E-state index in [-0.39, 0.29) is 12.4 Å². The van der Waals surface area contributed by atoms with E-state index in [9.17, 15) is 0 Å². The van der Waals surface area contributed by atoms with Crippen LogP contribution in [0.15, 0.2) is 36.1 Å². The molecule has 1 radical (unpaired) electrons. The van der Waals surface area contributed by atoms with Gasteiger partial charge in [-0.05, 0) is 0 Å². The number of hydrogen-bond donors (Lipinski definition) is 0. The Morgan fingerprint density at radius 3 is 2.33 bits per heavy atom. The molecule has 1 aliphatic heterocycles. The summed E-state index contributed by atoms with van der Waals surface area (Å²) in [7, 11) is 0.847. The van der Waals surface area contributed by atoms with Crippen LogP contribution in [-0.4, -0.2) is 14.8 Å². The summed E-state index contributed by atoms with van der Waals surface area (Å²) in [5.74, 6) is 0. The second-order valence-corrected chi connectivity index (χ2v) is 2.46. The van der Waals surface area contributed by atoms with E-state index in [1.807, 2.05) is 18.2 Å². The van der Waals surface area contributed by atoms with Gasteiger partial charge in [0.15, 0.2) is 0 Å². The Morgan fingerprint density at radius 2 is 1.44 bits per heavy atom. The van der Waals surface area contributed by atoms with Gasteiger partial charge in [-0.1, -0.05) is 41.8 Å². The van der Waals surface area contributed by atoms with E-state index in [0.717, 1.165) is 9.13 Å². The lowest BCUT2D eigenvalue weighted by molar-refractivity contribution is 1.94. The minimum Gasteiger partial charge on any atom is -0.147 e. The Balaban J connectivity index is 0.000000640. The van der Waals surface area contributed by atoms with Crippen molar-refractivity contribution in [3.63, 3.8) is 0 Å². The lowest BCUT2D eigenvalue weighted by atomic mass is 10.4. The van der Waals surface area contributed by atoms with Crippen molar-refractivity contribution in [2.45, 2.75) is 0 Å². The summed E-state index contributed by atoms with van der Waals surface area (Å²) in [6.07, 6.45) is 10.2. The van der Waals surface area contributed by atoms with Gasteiger partial charge in [-0.25, -0.2) is 0 Å². The van der Waals surface area contributed by atoms with Crippen LogP contribution in [0.5, 0.6) is 0 Å². The zero-order valence-corrected chi connectivity index (χ0v) is 6.77. The molecule has 1 rings (SSSR count). The van der Waals surface area contributed by atoms with E-state index in [1.165, 1.54) is 0 Å². The molecule has 0 unspecified atom stereocenters. The van der Waals surface area contributed by atoms with Crippen molar-refractivity contribution < 1.29 is 0 Å². The second-order valence-electron chi connectivity index (χ2n) is 1.46. The predicted octanol–water partition coefficient (Wildman–Crippen LogP) is 1.55. The molecule has 2 heteroatoms. The zero-order valence-electron chi connectivity index (χ0n) is 4.95. The number of halogens is 1. The lowest BCUT2D eigenvalue weighted by Gasteiger charge is -1.76. The summed E-state index contributed by atoms with van der Waals surface area (Å²) >= 11 is 0. The highest BCUT2D eigenvalue weighted by Crippen LogP contribution is 1.79. The fourth-order valence-corrected chi connectivity index (χ4v) is 1.03. The molecule has 47 valence electrons. The summed E-state index contributed by atoms with van der Waals surface area (Å²) in [5, 5.41) is 0. The molecule has 0 aromatic rings. The molecule has 0 nitrogen and oxygen atoms in total. The van der Waals surface area contributed by atoms with Gasteiger partial charge >= 0.3 is 0 Å². The van der Waals surface area contributed by atoms with Crippen LogP contribution in [0.2, 0.25) is 0 Å². The number of hydrogen-bond acceptors (Lipinski definition) is 0. The molecular weight excluding hydrogens is 148 g/mol. The lowest BCUT2D eigenvalue weighted by Crippen LogP contribution is -1.74. The van der Waals surface area contributed by atoms with Gasteiger partial charge in [0.2, 0.25) is 0 Å². The first kappa shape index (κ1) is 8.60. The summed E-state index contributed by atoms with van der Waals surface area (Å²) in [6.45, 7) is 0. The third-order valence-electron chi connectivity index (χ3n) is 0.829. The molecule has 0 spiro atoms. The number of rotatable bonds is 0. The third-order valence-corrected chi connectivity index (χ3v) is 1.60. The van der Waals surface area contributed by atoms with Crippen molar-refractivity contribution in [1.29, 1.82) is 0 Å². The van der Waals surface area contributed by atoms with E-state index in [4.69, 9.17) is 0 Å². The van der Waals surface area contributed by atoms with Gasteiger partial charge in [-0.2, -0.15) is 0 Å². The largest absolute Gasteiger partial charge is 0.147 e. The van der Waals surface area contributed by atoms with Gasteiger partial charge in [0.25, 0.3) is 0 Å². The summed E-state index contributed by atoms with van der Waals surface area (Å²) < 4.78 is 0. The first-order chi connectivity index (χ1) is 4.00. The molecular formula is C7H8ClSi. The van der Waals surface area contributed by atoms with Crippen molar-refractivity contribution in [2.24, 2.45) is 0 Å². The summed E-state index contributed by atoms with van der Waals surface area (Å²) in [6, 6.07) is 0. The Hall–Kier alpha value is -0.403. The monoisotopic (exact) mass is 155 g/mol. The van der Waals surface area contributed by atoms with Crippen molar-refractivity contribution in [1.82, 2.24) is 0 Å². The zero-order chi connectivity index (χ0) is 5.66. The molecule has 0 aliphatic carbocycles. The molecule has 0 fully saturated rings. The van der Waals surface area contributed by atoms with E-state index in [0.29, 0.717) is 0 Å². The Morgan fingerprint density at radius 1 is 0.778 bits per heavy atom. The standard InChI is InChI=1S/C7H7Si.ClH/c1-2-4-6-8-7-5-3-1;/h1-7H;1H/b2-1-,3-1?,4-2?,5-3-,6-4-,7-5?,8-6?,8-7?;. The Kier molecular flexibility index (Phi) is 5.47. The maximum atomic E-state index is 2.15. The highest BCUT2D eigenvalue weighted by Gasteiger charge is 1.66. The Bertz CT molecular complexity index is 110. The second kappa shape index (κ2) is 5.73. The molecule has 0 aromatic carbocycles. The third kappa shape index (κ3) is 4.12. The van der Waals surface area contributed by atoms with Crippen LogP contribution in [0.1, 0.15) is 0 Å². The normalized spacial score (nSPS) is 28.4. The van der Waals surface area contributed by atoms with Crippen LogP contribution < -0.4 is 0 Å². The van der Waals surface area contributed by atoms with Crippen molar-refractivity contribution in [3.8, 4) is 0 Å². The molecule has 1 aliphatic rings. The number of allylic oxidation sites excluding steroid dienone is 5. The summed E-state index contributed by atoms with van der Waals surface area (Å²) in [5.41, 5.74) is 4.31.